The molecule has 21 heavy (non-hydrogen) atoms. The molecule has 1 aromatic rings. The number of carbonyl (C=O) groups excluding carboxylic acids is 1. The minimum atomic E-state index is -1.06. The fraction of sp³-hybridized carbons (Fsp3) is 0.500. The van der Waals surface area contributed by atoms with Crippen molar-refractivity contribution in [3.05, 3.63) is 35.9 Å². The largest absolute Gasteiger partial charge is 0.479 e. The predicted octanol–water partition coefficient (Wildman–Crippen LogP) is 2.83. The molecule has 5 heteroatoms. The van der Waals surface area contributed by atoms with Gasteiger partial charge in [0.15, 0.2) is 6.04 Å². The molecule has 0 spiro atoms. The number of rotatable bonds is 4. The molecule has 0 bridgehead atoms. The van der Waals surface area contributed by atoms with Gasteiger partial charge in [0.2, 0.25) is 0 Å². The van der Waals surface area contributed by atoms with E-state index in [9.17, 15) is 14.7 Å². The zero-order valence-corrected chi connectivity index (χ0v) is 12.0. The molecule has 1 atom stereocenters. The summed E-state index contributed by atoms with van der Waals surface area (Å²) in [5.74, 6) is -1.06. The number of amides is 2. The molecule has 1 saturated carbocycles. The summed E-state index contributed by atoms with van der Waals surface area (Å²) in [4.78, 5) is 23.4. The van der Waals surface area contributed by atoms with Gasteiger partial charge in [-0.25, -0.2) is 9.59 Å². The number of carbonyl (C=O) groups is 2. The molecule has 1 aliphatic rings. The second-order valence-corrected chi connectivity index (χ2v) is 5.49. The first kappa shape index (κ1) is 15.4. The lowest BCUT2D eigenvalue weighted by atomic mass is 10.1. The first-order chi connectivity index (χ1) is 10.2. The van der Waals surface area contributed by atoms with Gasteiger partial charge in [-0.2, -0.15) is 0 Å². The Hall–Kier alpha value is -2.04. The summed E-state index contributed by atoms with van der Waals surface area (Å²) in [6.45, 7) is 0. The molecule has 1 fully saturated rings. The summed E-state index contributed by atoms with van der Waals surface area (Å²) >= 11 is 0. The molecule has 0 saturated heterocycles. The van der Waals surface area contributed by atoms with Crippen molar-refractivity contribution in [2.45, 2.75) is 50.6 Å². The summed E-state index contributed by atoms with van der Waals surface area (Å²) in [6.07, 6.45) is 6.59. The summed E-state index contributed by atoms with van der Waals surface area (Å²) in [6, 6.07) is 7.46. The van der Waals surface area contributed by atoms with Crippen LogP contribution in [0.2, 0.25) is 0 Å². The van der Waals surface area contributed by atoms with Gasteiger partial charge in [-0.15, -0.1) is 0 Å². The van der Waals surface area contributed by atoms with E-state index >= 15 is 0 Å². The van der Waals surface area contributed by atoms with Crippen molar-refractivity contribution in [3.8, 4) is 0 Å². The molecule has 0 aliphatic heterocycles. The van der Waals surface area contributed by atoms with E-state index in [1.54, 1.807) is 24.3 Å². The van der Waals surface area contributed by atoms with E-state index in [-0.39, 0.29) is 6.04 Å². The number of urea groups is 1. The first-order valence-corrected chi connectivity index (χ1v) is 7.51. The van der Waals surface area contributed by atoms with E-state index in [2.05, 4.69) is 10.6 Å². The van der Waals surface area contributed by atoms with Crippen LogP contribution in [0.5, 0.6) is 0 Å². The first-order valence-electron chi connectivity index (χ1n) is 7.51. The highest BCUT2D eigenvalue weighted by Crippen LogP contribution is 2.17. The molecule has 114 valence electrons. The smallest absolute Gasteiger partial charge is 0.330 e. The van der Waals surface area contributed by atoms with Crippen LogP contribution in [-0.2, 0) is 4.79 Å². The topological polar surface area (TPSA) is 78.4 Å². The third-order valence-electron chi connectivity index (χ3n) is 3.85. The predicted molar refractivity (Wildman–Crippen MR) is 80.0 cm³/mol. The third-order valence-corrected chi connectivity index (χ3v) is 3.85. The Morgan fingerprint density at radius 3 is 2.24 bits per heavy atom. The molecule has 2 amide bonds. The highest BCUT2D eigenvalue weighted by Gasteiger charge is 2.23. The van der Waals surface area contributed by atoms with Crippen molar-refractivity contribution in [1.29, 1.82) is 0 Å². The maximum Gasteiger partial charge on any atom is 0.330 e. The van der Waals surface area contributed by atoms with E-state index in [0.29, 0.717) is 5.56 Å². The van der Waals surface area contributed by atoms with E-state index in [1.807, 2.05) is 6.07 Å². The minimum Gasteiger partial charge on any atom is -0.479 e. The number of aliphatic carboxylic acids is 1. The Bertz CT molecular complexity index is 468. The number of nitrogens with one attached hydrogen (secondary N) is 2. The number of carboxylic acids is 1. The summed E-state index contributed by atoms with van der Waals surface area (Å²) < 4.78 is 0. The van der Waals surface area contributed by atoms with Crippen LogP contribution in [0.3, 0.4) is 0 Å². The molecule has 2 rings (SSSR count). The zero-order valence-electron chi connectivity index (χ0n) is 12.0. The van der Waals surface area contributed by atoms with Crippen molar-refractivity contribution in [2.24, 2.45) is 0 Å². The van der Waals surface area contributed by atoms with Crippen molar-refractivity contribution in [3.63, 3.8) is 0 Å². The van der Waals surface area contributed by atoms with E-state index < -0.39 is 18.0 Å². The SMILES string of the molecule is O=C(NC1CCCCCC1)N[C@H](C(=O)O)c1ccccc1. The molecule has 1 aliphatic carbocycles. The maximum absolute atomic E-state index is 12.0. The summed E-state index contributed by atoms with van der Waals surface area (Å²) in [5.41, 5.74) is 0.570. The standard InChI is InChI=1S/C16H22N2O3/c19-15(20)14(12-8-4-3-5-9-12)18-16(21)17-13-10-6-1-2-7-11-13/h3-5,8-9,13-14H,1-2,6-7,10-11H2,(H,19,20)(H2,17,18,21)/t14-/m0/s1. The van der Waals surface area contributed by atoms with Crippen LogP contribution in [0.25, 0.3) is 0 Å². The van der Waals surface area contributed by atoms with Crippen LogP contribution in [0.4, 0.5) is 4.79 Å². The van der Waals surface area contributed by atoms with Crippen LogP contribution in [0.1, 0.15) is 50.1 Å². The second kappa shape index (κ2) is 7.67. The van der Waals surface area contributed by atoms with Gasteiger partial charge in [0, 0.05) is 6.04 Å². The Labute approximate surface area is 124 Å². The lowest BCUT2D eigenvalue weighted by molar-refractivity contribution is -0.139. The van der Waals surface area contributed by atoms with Crippen LogP contribution in [0.15, 0.2) is 30.3 Å². The molecule has 0 radical (unpaired) electrons. The Kier molecular flexibility index (Phi) is 5.60. The molecule has 1 aromatic carbocycles. The van der Waals surface area contributed by atoms with Gasteiger partial charge in [-0.05, 0) is 18.4 Å². The van der Waals surface area contributed by atoms with Gasteiger partial charge in [-0.1, -0.05) is 56.0 Å². The highest BCUT2D eigenvalue weighted by atomic mass is 16.4. The van der Waals surface area contributed by atoms with Gasteiger partial charge >= 0.3 is 12.0 Å². The molecular weight excluding hydrogens is 268 g/mol. The van der Waals surface area contributed by atoms with Crippen LogP contribution in [0, 0.1) is 0 Å². The average Bonchev–Trinajstić information content (AvgIpc) is 2.74. The zero-order chi connectivity index (χ0) is 15.1. The fourth-order valence-corrected chi connectivity index (χ4v) is 2.71. The van der Waals surface area contributed by atoms with Gasteiger partial charge in [0.05, 0.1) is 0 Å². The number of hydrogen-bond donors (Lipinski definition) is 3. The number of carboxylic acid groups (broad SMARTS) is 1. The molecule has 3 N–H and O–H groups in total. The van der Waals surface area contributed by atoms with Crippen molar-refractivity contribution >= 4 is 12.0 Å². The Morgan fingerprint density at radius 1 is 1.05 bits per heavy atom. The monoisotopic (exact) mass is 290 g/mol. The third kappa shape index (κ3) is 4.77. The summed E-state index contributed by atoms with van der Waals surface area (Å²) in [7, 11) is 0. The van der Waals surface area contributed by atoms with Crippen LogP contribution >= 0.6 is 0 Å². The normalized spacial score (nSPS) is 17.5. The second-order valence-electron chi connectivity index (χ2n) is 5.49. The molecule has 0 unspecified atom stereocenters. The lowest BCUT2D eigenvalue weighted by Gasteiger charge is -2.20. The number of benzene rings is 1. The van der Waals surface area contributed by atoms with Crippen molar-refractivity contribution in [2.75, 3.05) is 0 Å². The van der Waals surface area contributed by atoms with Crippen LogP contribution < -0.4 is 10.6 Å². The minimum absolute atomic E-state index is 0.151. The maximum atomic E-state index is 12.0. The van der Waals surface area contributed by atoms with E-state index in [1.165, 1.54) is 12.8 Å². The van der Waals surface area contributed by atoms with Crippen LogP contribution in [-0.4, -0.2) is 23.1 Å². The van der Waals surface area contributed by atoms with Gasteiger partial charge in [-0.3, -0.25) is 0 Å². The van der Waals surface area contributed by atoms with E-state index in [4.69, 9.17) is 0 Å². The molecule has 5 nitrogen and oxygen atoms in total. The Balaban J connectivity index is 1.94. The van der Waals surface area contributed by atoms with Gasteiger partial charge in [0.25, 0.3) is 0 Å². The van der Waals surface area contributed by atoms with Gasteiger partial charge in [0.1, 0.15) is 0 Å². The summed E-state index contributed by atoms with van der Waals surface area (Å²) in [5, 5.41) is 14.7. The Morgan fingerprint density at radius 2 is 1.67 bits per heavy atom. The lowest BCUT2D eigenvalue weighted by Crippen LogP contribution is -2.45. The quantitative estimate of drug-likeness (QED) is 0.746. The molecular formula is C16H22N2O3. The van der Waals surface area contributed by atoms with Crippen molar-refractivity contribution in [1.82, 2.24) is 10.6 Å². The van der Waals surface area contributed by atoms with Gasteiger partial charge < -0.3 is 15.7 Å². The fourth-order valence-electron chi connectivity index (χ4n) is 2.71. The molecule has 0 aromatic heterocycles. The molecule has 0 heterocycles. The average molecular weight is 290 g/mol. The highest BCUT2D eigenvalue weighted by molar-refractivity contribution is 5.83. The van der Waals surface area contributed by atoms with Crippen molar-refractivity contribution < 1.29 is 14.7 Å². The number of hydrogen-bond acceptors (Lipinski definition) is 2. The van der Waals surface area contributed by atoms with E-state index in [0.717, 1.165) is 25.7 Å².